The van der Waals surface area contributed by atoms with Gasteiger partial charge in [0.15, 0.2) is 0 Å². The van der Waals surface area contributed by atoms with Crippen LogP contribution in [0, 0.1) is 0 Å². The van der Waals surface area contributed by atoms with Gasteiger partial charge in [-0.1, -0.05) is 12.1 Å². The largest absolute Gasteiger partial charge is 0.444 e. The Kier molecular flexibility index (Phi) is 5.29. The lowest BCUT2D eigenvalue weighted by molar-refractivity contribution is 0.0523. The molecule has 0 bridgehead atoms. The predicted octanol–water partition coefficient (Wildman–Crippen LogP) is 2.46. The van der Waals surface area contributed by atoms with Crippen molar-refractivity contribution in [1.29, 1.82) is 0 Å². The molecule has 1 N–H and O–H groups in total. The fourth-order valence-electron chi connectivity index (χ4n) is 2.38. The van der Waals surface area contributed by atoms with Crippen LogP contribution in [0.1, 0.15) is 26.3 Å². The van der Waals surface area contributed by atoms with Crippen molar-refractivity contribution >= 4 is 11.8 Å². The number of carbonyl (C=O) groups is 1. The first kappa shape index (κ1) is 16.6. The lowest BCUT2D eigenvalue weighted by Gasteiger charge is -2.34. The smallest absolute Gasteiger partial charge is 0.407 e. The topological polar surface area (TPSA) is 44.8 Å². The number of hydrogen-bond donors (Lipinski definition) is 1. The molecule has 1 aromatic rings. The van der Waals surface area contributed by atoms with Crippen molar-refractivity contribution < 1.29 is 9.53 Å². The van der Waals surface area contributed by atoms with E-state index in [9.17, 15) is 4.79 Å². The highest BCUT2D eigenvalue weighted by molar-refractivity contribution is 5.67. The summed E-state index contributed by atoms with van der Waals surface area (Å²) in [6.07, 6.45) is -0.379. The average molecular weight is 305 g/mol. The number of rotatable bonds is 3. The zero-order valence-electron chi connectivity index (χ0n) is 14.1. The van der Waals surface area contributed by atoms with E-state index in [1.54, 1.807) is 0 Å². The Labute approximate surface area is 133 Å². The lowest BCUT2D eigenvalue weighted by Crippen LogP contribution is -2.44. The predicted molar refractivity (Wildman–Crippen MR) is 89.2 cm³/mol. The summed E-state index contributed by atoms with van der Waals surface area (Å²) in [5.74, 6) is 0. The summed E-state index contributed by atoms with van der Waals surface area (Å²) in [5, 5.41) is 2.78. The monoisotopic (exact) mass is 305 g/mol. The van der Waals surface area contributed by atoms with Crippen LogP contribution >= 0.6 is 0 Å². The molecule has 1 saturated heterocycles. The molecule has 1 aromatic carbocycles. The third-order valence-corrected chi connectivity index (χ3v) is 3.64. The molecule has 2 rings (SSSR count). The first-order valence-corrected chi connectivity index (χ1v) is 7.83. The van der Waals surface area contributed by atoms with Gasteiger partial charge in [0.05, 0.1) is 0 Å². The number of carbonyl (C=O) groups excluding carboxylic acids is 1. The van der Waals surface area contributed by atoms with Crippen LogP contribution in [0.4, 0.5) is 10.5 Å². The molecule has 5 heteroatoms. The van der Waals surface area contributed by atoms with Crippen LogP contribution in [-0.2, 0) is 11.3 Å². The fourth-order valence-corrected chi connectivity index (χ4v) is 2.38. The zero-order chi connectivity index (χ0) is 16.2. The molecule has 1 fully saturated rings. The summed E-state index contributed by atoms with van der Waals surface area (Å²) >= 11 is 0. The fraction of sp³-hybridized carbons (Fsp3) is 0.588. The van der Waals surface area contributed by atoms with E-state index < -0.39 is 5.60 Å². The van der Waals surface area contributed by atoms with Crippen molar-refractivity contribution in [3.05, 3.63) is 29.8 Å². The van der Waals surface area contributed by atoms with E-state index in [1.165, 1.54) is 5.69 Å². The zero-order valence-corrected chi connectivity index (χ0v) is 14.1. The molecule has 1 aliphatic heterocycles. The Bertz CT molecular complexity index is 486. The number of likely N-dealkylation sites (N-methyl/N-ethyl adjacent to an activating group) is 1. The first-order valence-electron chi connectivity index (χ1n) is 7.83. The maximum atomic E-state index is 11.6. The average Bonchev–Trinajstić information content (AvgIpc) is 2.45. The van der Waals surface area contributed by atoms with Gasteiger partial charge in [0.25, 0.3) is 0 Å². The number of nitrogens with one attached hydrogen (secondary N) is 1. The lowest BCUT2D eigenvalue weighted by atomic mass is 10.2. The number of hydrogen-bond acceptors (Lipinski definition) is 4. The molecular weight excluding hydrogens is 278 g/mol. The first-order chi connectivity index (χ1) is 10.3. The molecule has 1 aliphatic rings. The number of ether oxygens (including phenoxy) is 1. The molecule has 0 unspecified atom stereocenters. The van der Waals surface area contributed by atoms with Gasteiger partial charge in [-0.3, -0.25) is 0 Å². The molecule has 0 atom stereocenters. The van der Waals surface area contributed by atoms with Crippen molar-refractivity contribution in [1.82, 2.24) is 10.2 Å². The Balaban J connectivity index is 1.83. The van der Waals surface area contributed by atoms with Crippen LogP contribution < -0.4 is 10.2 Å². The third kappa shape index (κ3) is 5.22. The highest BCUT2D eigenvalue weighted by atomic mass is 16.6. The molecule has 1 heterocycles. The van der Waals surface area contributed by atoms with E-state index in [-0.39, 0.29) is 6.09 Å². The second-order valence-corrected chi connectivity index (χ2v) is 6.81. The molecule has 1 amide bonds. The van der Waals surface area contributed by atoms with Crippen LogP contribution in [0.3, 0.4) is 0 Å². The number of amides is 1. The van der Waals surface area contributed by atoms with E-state index in [0.29, 0.717) is 6.54 Å². The molecule has 0 radical (unpaired) electrons. The minimum atomic E-state index is -0.463. The normalized spacial score (nSPS) is 16.5. The number of nitrogens with zero attached hydrogens (tertiary/aromatic N) is 2. The van der Waals surface area contributed by atoms with Gasteiger partial charge in [0.2, 0.25) is 0 Å². The molecule has 22 heavy (non-hydrogen) atoms. The van der Waals surface area contributed by atoms with E-state index >= 15 is 0 Å². The van der Waals surface area contributed by atoms with E-state index in [4.69, 9.17) is 4.74 Å². The van der Waals surface area contributed by atoms with Gasteiger partial charge in [0.1, 0.15) is 5.60 Å². The molecule has 0 aliphatic carbocycles. The summed E-state index contributed by atoms with van der Waals surface area (Å²) in [5.41, 5.74) is 1.85. The standard InChI is InChI=1S/C17H27N3O2/c1-17(2,3)22-16(21)18-13-14-5-7-15(8-6-14)20-11-9-19(4)10-12-20/h5-8H,9-13H2,1-4H3,(H,18,21). The van der Waals surface area contributed by atoms with Crippen molar-refractivity contribution in [2.75, 3.05) is 38.1 Å². The Morgan fingerprint density at radius 2 is 1.73 bits per heavy atom. The molecule has 0 spiro atoms. The number of alkyl carbamates (subject to hydrolysis) is 1. The van der Waals surface area contributed by atoms with Crippen LogP contribution in [-0.4, -0.2) is 49.8 Å². The van der Waals surface area contributed by atoms with Crippen molar-refractivity contribution in [3.63, 3.8) is 0 Å². The van der Waals surface area contributed by atoms with Gasteiger partial charge in [-0.2, -0.15) is 0 Å². The van der Waals surface area contributed by atoms with E-state index in [1.807, 2.05) is 20.8 Å². The maximum absolute atomic E-state index is 11.6. The second kappa shape index (κ2) is 7.01. The minimum Gasteiger partial charge on any atom is -0.444 e. The quantitative estimate of drug-likeness (QED) is 0.932. The van der Waals surface area contributed by atoms with Crippen LogP contribution in [0.15, 0.2) is 24.3 Å². The summed E-state index contributed by atoms with van der Waals surface area (Å²) in [7, 11) is 2.16. The minimum absolute atomic E-state index is 0.379. The van der Waals surface area contributed by atoms with Crippen molar-refractivity contribution in [2.45, 2.75) is 32.9 Å². The number of benzene rings is 1. The van der Waals surface area contributed by atoms with Crippen LogP contribution in [0.5, 0.6) is 0 Å². The van der Waals surface area contributed by atoms with Crippen molar-refractivity contribution in [3.8, 4) is 0 Å². The van der Waals surface area contributed by atoms with Gasteiger partial charge in [-0.25, -0.2) is 4.79 Å². The SMILES string of the molecule is CN1CCN(c2ccc(CNC(=O)OC(C)(C)C)cc2)CC1. The van der Waals surface area contributed by atoms with Gasteiger partial charge in [-0.05, 0) is 45.5 Å². The summed E-state index contributed by atoms with van der Waals surface area (Å²) in [4.78, 5) is 16.4. The third-order valence-electron chi connectivity index (χ3n) is 3.64. The molecule has 0 aromatic heterocycles. The molecule has 5 nitrogen and oxygen atoms in total. The van der Waals surface area contributed by atoms with Gasteiger partial charge < -0.3 is 19.9 Å². The van der Waals surface area contributed by atoms with E-state index in [2.05, 4.69) is 46.4 Å². The van der Waals surface area contributed by atoms with Crippen LogP contribution in [0.2, 0.25) is 0 Å². The maximum Gasteiger partial charge on any atom is 0.407 e. The van der Waals surface area contributed by atoms with Crippen molar-refractivity contribution in [2.24, 2.45) is 0 Å². The highest BCUT2D eigenvalue weighted by Crippen LogP contribution is 2.17. The molecular formula is C17H27N3O2. The second-order valence-electron chi connectivity index (χ2n) is 6.81. The summed E-state index contributed by atoms with van der Waals surface area (Å²) in [6.45, 7) is 10.4. The summed E-state index contributed by atoms with van der Waals surface area (Å²) < 4.78 is 5.23. The Morgan fingerprint density at radius 3 is 2.27 bits per heavy atom. The molecule has 122 valence electrons. The van der Waals surface area contributed by atoms with E-state index in [0.717, 1.165) is 31.7 Å². The number of anilines is 1. The Morgan fingerprint density at radius 1 is 1.14 bits per heavy atom. The molecule has 0 saturated carbocycles. The highest BCUT2D eigenvalue weighted by Gasteiger charge is 2.16. The Hall–Kier alpha value is -1.75. The van der Waals surface area contributed by atoms with Gasteiger partial charge >= 0.3 is 6.09 Å². The van der Waals surface area contributed by atoms with Gasteiger partial charge in [-0.15, -0.1) is 0 Å². The number of piperazine rings is 1. The van der Waals surface area contributed by atoms with Gasteiger partial charge in [0, 0.05) is 38.4 Å². The van der Waals surface area contributed by atoms with Crippen LogP contribution in [0.25, 0.3) is 0 Å². The summed E-state index contributed by atoms with van der Waals surface area (Å²) in [6, 6.07) is 8.37.